The number of nitrogens with one attached hydrogen (secondary N) is 1. The summed E-state index contributed by atoms with van der Waals surface area (Å²) in [6.07, 6.45) is 5.53. The predicted octanol–water partition coefficient (Wildman–Crippen LogP) is 1.92. The van der Waals surface area contributed by atoms with Gasteiger partial charge in [0.15, 0.2) is 0 Å². The zero-order valence-electron chi connectivity index (χ0n) is 13.2. The molecule has 0 aromatic carbocycles. The summed E-state index contributed by atoms with van der Waals surface area (Å²) in [6.45, 7) is 3.86. The molecule has 2 heterocycles. The molecule has 120 valence electrons. The minimum atomic E-state index is -0.400. The molecule has 2 atom stereocenters. The summed E-state index contributed by atoms with van der Waals surface area (Å²) in [5.74, 6) is 0.350. The summed E-state index contributed by atoms with van der Waals surface area (Å²) < 4.78 is 0. The third-order valence-electron chi connectivity index (χ3n) is 5.02. The zero-order valence-corrected chi connectivity index (χ0v) is 13.2. The first kappa shape index (κ1) is 15.3. The summed E-state index contributed by atoms with van der Waals surface area (Å²) in [7, 11) is 0. The Bertz CT molecular complexity index is 506. The van der Waals surface area contributed by atoms with E-state index in [1.165, 1.54) is 6.42 Å². The summed E-state index contributed by atoms with van der Waals surface area (Å²) >= 11 is 0. The number of hydrogen-bond acceptors (Lipinski definition) is 3. The van der Waals surface area contributed by atoms with Crippen LogP contribution < -0.4 is 5.32 Å². The number of β-amino-alcohol motifs (C(OH)–C–C–N with tert-alkyl or cyclic N) is 1. The monoisotopic (exact) mass is 303 g/mol. The van der Waals surface area contributed by atoms with Crippen LogP contribution in [-0.4, -0.2) is 46.8 Å². The summed E-state index contributed by atoms with van der Waals surface area (Å²) in [5, 5.41) is 12.9. The molecule has 2 N–H and O–H groups in total. The fourth-order valence-electron chi connectivity index (χ4n) is 3.64. The van der Waals surface area contributed by atoms with Gasteiger partial charge in [0.05, 0.1) is 6.10 Å². The maximum Gasteiger partial charge on any atom is 0.317 e. The van der Waals surface area contributed by atoms with Crippen LogP contribution in [0.4, 0.5) is 4.79 Å². The van der Waals surface area contributed by atoms with Gasteiger partial charge in [-0.25, -0.2) is 4.79 Å². The number of pyridine rings is 1. The number of aliphatic hydroxyl groups is 1. The van der Waals surface area contributed by atoms with Crippen molar-refractivity contribution in [1.29, 1.82) is 0 Å². The van der Waals surface area contributed by atoms with Crippen molar-refractivity contribution in [3.05, 3.63) is 30.1 Å². The van der Waals surface area contributed by atoms with Crippen LogP contribution in [0.2, 0.25) is 0 Å². The highest BCUT2D eigenvalue weighted by Gasteiger charge is 2.40. The second-order valence-electron chi connectivity index (χ2n) is 6.91. The number of aliphatic hydroxyl groups excluding tert-OH is 1. The Kier molecular flexibility index (Phi) is 4.34. The van der Waals surface area contributed by atoms with Crippen molar-refractivity contribution < 1.29 is 9.90 Å². The first-order valence-electron chi connectivity index (χ1n) is 8.21. The largest absolute Gasteiger partial charge is 0.391 e. The smallest absolute Gasteiger partial charge is 0.317 e. The van der Waals surface area contributed by atoms with Gasteiger partial charge >= 0.3 is 6.03 Å². The number of amides is 2. The van der Waals surface area contributed by atoms with Gasteiger partial charge in [0.1, 0.15) is 0 Å². The van der Waals surface area contributed by atoms with Crippen LogP contribution in [0.15, 0.2) is 24.4 Å². The lowest BCUT2D eigenvalue weighted by Gasteiger charge is -2.42. The molecular weight excluding hydrogens is 278 g/mol. The van der Waals surface area contributed by atoms with Crippen LogP contribution in [0.5, 0.6) is 0 Å². The van der Waals surface area contributed by atoms with Gasteiger partial charge in [0, 0.05) is 36.9 Å². The van der Waals surface area contributed by atoms with E-state index in [-0.39, 0.29) is 11.4 Å². The normalized spacial score (nSPS) is 27.1. The van der Waals surface area contributed by atoms with E-state index in [4.69, 9.17) is 0 Å². The SMILES string of the molecule is C[C@@H]1C[C@H](O)CN(C(=O)NCC2(c3ccccn3)CCC2)C1. The molecule has 1 aromatic rings. The van der Waals surface area contributed by atoms with Gasteiger partial charge in [-0.3, -0.25) is 4.98 Å². The maximum atomic E-state index is 12.4. The van der Waals surface area contributed by atoms with E-state index in [1.807, 2.05) is 18.3 Å². The molecule has 3 rings (SSSR count). The number of aromatic nitrogens is 1. The quantitative estimate of drug-likeness (QED) is 0.896. The van der Waals surface area contributed by atoms with Gasteiger partial charge in [0.25, 0.3) is 0 Å². The number of piperidine rings is 1. The Morgan fingerprint density at radius 1 is 1.45 bits per heavy atom. The van der Waals surface area contributed by atoms with Crippen LogP contribution in [0.1, 0.15) is 38.3 Å². The average Bonchev–Trinajstić information content (AvgIpc) is 2.46. The third-order valence-corrected chi connectivity index (χ3v) is 5.02. The van der Waals surface area contributed by atoms with Crippen molar-refractivity contribution in [2.75, 3.05) is 19.6 Å². The maximum absolute atomic E-state index is 12.4. The lowest BCUT2D eigenvalue weighted by Crippen LogP contribution is -2.53. The fourth-order valence-corrected chi connectivity index (χ4v) is 3.64. The van der Waals surface area contributed by atoms with E-state index in [1.54, 1.807) is 4.90 Å². The number of likely N-dealkylation sites (tertiary alicyclic amines) is 1. The van der Waals surface area contributed by atoms with Crippen LogP contribution in [0.3, 0.4) is 0 Å². The Morgan fingerprint density at radius 2 is 2.27 bits per heavy atom. The van der Waals surface area contributed by atoms with Gasteiger partial charge in [-0.1, -0.05) is 19.4 Å². The predicted molar refractivity (Wildman–Crippen MR) is 84.5 cm³/mol. The average molecular weight is 303 g/mol. The van der Waals surface area contributed by atoms with E-state index in [0.717, 1.165) is 31.5 Å². The molecule has 1 aliphatic carbocycles. The van der Waals surface area contributed by atoms with Gasteiger partial charge in [0.2, 0.25) is 0 Å². The second-order valence-corrected chi connectivity index (χ2v) is 6.91. The number of urea groups is 1. The number of carbonyl (C=O) groups is 1. The van der Waals surface area contributed by atoms with Gasteiger partial charge in [-0.15, -0.1) is 0 Å². The van der Waals surface area contributed by atoms with Crippen LogP contribution in [0, 0.1) is 5.92 Å². The standard InChI is InChI=1S/C17H25N3O2/c1-13-9-14(21)11-20(10-13)16(22)19-12-17(6-4-7-17)15-5-2-3-8-18-15/h2-3,5,8,13-14,21H,4,6-7,9-12H2,1H3,(H,19,22)/t13-,14+/m1/s1. The van der Waals surface area contributed by atoms with E-state index in [2.05, 4.69) is 23.3 Å². The molecule has 1 saturated heterocycles. The number of rotatable bonds is 3. The Labute approximate surface area is 131 Å². The molecule has 0 radical (unpaired) electrons. The van der Waals surface area contributed by atoms with E-state index in [9.17, 15) is 9.90 Å². The van der Waals surface area contributed by atoms with Gasteiger partial charge in [-0.2, -0.15) is 0 Å². The molecule has 5 heteroatoms. The molecule has 0 spiro atoms. The van der Waals surface area contributed by atoms with Gasteiger partial charge in [-0.05, 0) is 37.3 Å². The minimum Gasteiger partial charge on any atom is -0.391 e. The third kappa shape index (κ3) is 3.09. The highest BCUT2D eigenvalue weighted by molar-refractivity contribution is 5.74. The van der Waals surface area contributed by atoms with Crippen LogP contribution in [0.25, 0.3) is 0 Å². The lowest BCUT2D eigenvalue weighted by atomic mass is 9.66. The van der Waals surface area contributed by atoms with E-state index < -0.39 is 6.10 Å². The Balaban J connectivity index is 1.60. The fraction of sp³-hybridized carbons (Fsp3) is 0.647. The minimum absolute atomic E-state index is 0.00304. The summed E-state index contributed by atoms with van der Waals surface area (Å²) in [6, 6.07) is 5.92. The molecule has 2 fully saturated rings. The van der Waals surface area contributed by atoms with Crippen molar-refractivity contribution in [3.63, 3.8) is 0 Å². The molecule has 2 amide bonds. The molecule has 0 unspecified atom stereocenters. The van der Waals surface area contributed by atoms with Crippen molar-refractivity contribution >= 4 is 6.03 Å². The number of hydrogen-bond donors (Lipinski definition) is 2. The number of nitrogens with zero attached hydrogens (tertiary/aromatic N) is 2. The van der Waals surface area contributed by atoms with Gasteiger partial charge < -0.3 is 15.3 Å². The zero-order chi connectivity index (χ0) is 15.6. The summed E-state index contributed by atoms with van der Waals surface area (Å²) in [5.41, 5.74) is 1.07. The molecular formula is C17H25N3O2. The van der Waals surface area contributed by atoms with E-state index in [0.29, 0.717) is 19.0 Å². The molecule has 1 aromatic heterocycles. The molecule has 5 nitrogen and oxygen atoms in total. The molecule has 1 saturated carbocycles. The highest BCUT2D eigenvalue weighted by Crippen LogP contribution is 2.42. The Hall–Kier alpha value is -1.62. The topological polar surface area (TPSA) is 65.5 Å². The van der Waals surface area contributed by atoms with Crippen molar-refractivity contribution in [3.8, 4) is 0 Å². The van der Waals surface area contributed by atoms with Crippen LogP contribution in [-0.2, 0) is 5.41 Å². The summed E-state index contributed by atoms with van der Waals surface area (Å²) in [4.78, 5) is 18.6. The van der Waals surface area contributed by atoms with Crippen molar-refractivity contribution in [1.82, 2.24) is 15.2 Å². The first-order valence-corrected chi connectivity index (χ1v) is 8.21. The highest BCUT2D eigenvalue weighted by atomic mass is 16.3. The van der Waals surface area contributed by atoms with Crippen LogP contribution >= 0.6 is 0 Å². The first-order chi connectivity index (χ1) is 10.6. The van der Waals surface area contributed by atoms with E-state index >= 15 is 0 Å². The van der Waals surface area contributed by atoms with Crippen molar-refractivity contribution in [2.24, 2.45) is 5.92 Å². The molecule has 2 aliphatic rings. The second kappa shape index (κ2) is 6.24. The number of carbonyl (C=O) groups excluding carboxylic acids is 1. The lowest BCUT2D eigenvalue weighted by molar-refractivity contribution is 0.0594. The molecule has 0 bridgehead atoms. The Morgan fingerprint density at radius 3 is 2.86 bits per heavy atom. The molecule has 22 heavy (non-hydrogen) atoms. The van der Waals surface area contributed by atoms with Crippen molar-refractivity contribution in [2.45, 2.75) is 44.1 Å². The molecule has 1 aliphatic heterocycles.